The van der Waals surface area contributed by atoms with Crippen LogP contribution in [0.2, 0.25) is 0 Å². The maximum Gasteiger partial charge on any atom is 0.308 e. The molecule has 5 heteroatoms. The zero-order valence-corrected chi connectivity index (χ0v) is 11.5. The molecule has 0 fully saturated rings. The van der Waals surface area contributed by atoms with Gasteiger partial charge in [-0.25, -0.2) is 0 Å². The number of thiocarbonyl (C=S) groups is 1. The fraction of sp³-hybridized carbons (Fsp3) is 0.167. The van der Waals surface area contributed by atoms with Crippen LogP contribution < -0.4 is 0 Å². The normalized spacial score (nSPS) is 10.4. The molecule has 0 atom stereocenters. The first-order chi connectivity index (χ1) is 8.08. The van der Waals surface area contributed by atoms with Crippen molar-refractivity contribution in [2.75, 3.05) is 0 Å². The lowest BCUT2D eigenvalue weighted by atomic mass is 10.1. The number of carboxylic acids is 1. The lowest BCUT2D eigenvalue weighted by Gasteiger charge is -1.99. The Hall–Kier alpha value is -1.04. The van der Waals surface area contributed by atoms with E-state index in [1.807, 2.05) is 29.8 Å². The summed E-state index contributed by atoms with van der Waals surface area (Å²) < 4.78 is 0. The summed E-state index contributed by atoms with van der Waals surface area (Å²) in [6, 6.07) is 3.91. The van der Waals surface area contributed by atoms with E-state index in [-0.39, 0.29) is 6.42 Å². The molecular formula is C12H10O2S3. The molecule has 0 saturated heterocycles. The van der Waals surface area contributed by atoms with Gasteiger partial charge in [0.1, 0.15) is 0 Å². The molecule has 88 valence electrons. The van der Waals surface area contributed by atoms with Gasteiger partial charge in [-0.1, -0.05) is 12.2 Å². The summed E-state index contributed by atoms with van der Waals surface area (Å²) in [4.78, 5) is 13.4. The molecular weight excluding hydrogens is 272 g/mol. The molecule has 0 spiro atoms. The van der Waals surface area contributed by atoms with E-state index in [2.05, 4.69) is 0 Å². The molecule has 2 aromatic heterocycles. The minimum Gasteiger partial charge on any atom is -0.481 e. The van der Waals surface area contributed by atoms with E-state index in [0.717, 1.165) is 20.2 Å². The second-order valence-electron chi connectivity index (χ2n) is 3.63. The van der Waals surface area contributed by atoms with E-state index >= 15 is 0 Å². The van der Waals surface area contributed by atoms with E-state index in [1.54, 1.807) is 11.3 Å². The Morgan fingerprint density at radius 3 is 2.82 bits per heavy atom. The van der Waals surface area contributed by atoms with Crippen molar-refractivity contribution in [1.29, 1.82) is 0 Å². The minimum absolute atomic E-state index is 0.0662. The third kappa shape index (κ3) is 2.80. The lowest BCUT2D eigenvalue weighted by molar-refractivity contribution is -0.136. The highest BCUT2D eigenvalue weighted by molar-refractivity contribution is 7.81. The van der Waals surface area contributed by atoms with Crippen LogP contribution in [0.15, 0.2) is 22.9 Å². The first-order valence-corrected chi connectivity index (χ1v) is 7.12. The van der Waals surface area contributed by atoms with Crippen molar-refractivity contribution in [2.45, 2.75) is 13.3 Å². The highest BCUT2D eigenvalue weighted by Gasteiger charge is 2.12. The Kier molecular flexibility index (Phi) is 3.71. The maximum atomic E-state index is 10.6. The summed E-state index contributed by atoms with van der Waals surface area (Å²) in [5.41, 5.74) is 2.12. The number of carboxylic acid groups (broad SMARTS) is 1. The Morgan fingerprint density at radius 2 is 2.24 bits per heavy atom. The van der Waals surface area contributed by atoms with Crippen molar-refractivity contribution < 1.29 is 9.90 Å². The lowest BCUT2D eigenvalue weighted by Crippen LogP contribution is -1.99. The van der Waals surface area contributed by atoms with Crippen LogP contribution in [0.5, 0.6) is 0 Å². The second kappa shape index (κ2) is 5.08. The number of aliphatic carboxylic acids is 1. The third-order valence-corrected chi connectivity index (χ3v) is 4.85. The number of rotatable bonds is 4. The highest BCUT2D eigenvalue weighted by atomic mass is 32.1. The van der Waals surface area contributed by atoms with Gasteiger partial charge < -0.3 is 5.11 Å². The topological polar surface area (TPSA) is 37.3 Å². The number of thiophene rings is 2. The number of aryl methyl sites for hydroxylation is 1. The molecule has 0 aliphatic heterocycles. The first kappa shape index (κ1) is 12.4. The van der Waals surface area contributed by atoms with E-state index in [1.165, 1.54) is 16.9 Å². The molecule has 2 rings (SSSR count). The third-order valence-electron chi connectivity index (χ3n) is 2.31. The van der Waals surface area contributed by atoms with Gasteiger partial charge in [0, 0.05) is 15.3 Å². The molecule has 2 aromatic rings. The van der Waals surface area contributed by atoms with Gasteiger partial charge in [-0.3, -0.25) is 4.79 Å². The highest BCUT2D eigenvalue weighted by Crippen LogP contribution is 2.24. The Labute approximate surface area is 113 Å². The summed E-state index contributed by atoms with van der Waals surface area (Å²) in [6.07, 6.45) is 0.0662. The van der Waals surface area contributed by atoms with E-state index < -0.39 is 5.97 Å². The van der Waals surface area contributed by atoms with Crippen molar-refractivity contribution in [3.8, 4) is 0 Å². The monoisotopic (exact) mass is 282 g/mol. The van der Waals surface area contributed by atoms with Gasteiger partial charge in [-0.2, -0.15) is 0 Å². The van der Waals surface area contributed by atoms with Crippen LogP contribution in [0.3, 0.4) is 0 Å². The summed E-state index contributed by atoms with van der Waals surface area (Å²) in [6.45, 7) is 2.03. The fourth-order valence-electron chi connectivity index (χ4n) is 1.48. The molecule has 2 heterocycles. The van der Waals surface area contributed by atoms with Gasteiger partial charge in [0.15, 0.2) is 0 Å². The van der Waals surface area contributed by atoms with E-state index in [0.29, 0.717) is 0 Å². The number of hydrogen-bond donors (Lipinski definition) is 1. The molecule has 0 radical (unpaired) electrons. The predicted octanol–water partition coefficient (Wildman–Crippen LogP) is 3.51. The standard InChI is InChI=1S/C12H10O2S3/c1-7-2-3-16-12(7)11(15)8-4-9(17-6-8)5-10(13)14/h2-4,6H,5H2,1H3,(H,13,14). The molecule has 0 saturated carbocycles. The van der Waals surface area contributed by atoms with Gasteiger partial charge in [0.05, 0.1) is 11.3 Å². The van der Waals surface area contributed by atoms with Crippen LogP contribution >= 0.6 is 34.9 Å². The van der Waals surface area contributed by atoms with Crippen LogP contribution in [0, 0.1) is 6.92 Å². The average Bonchev–Trinajstić information content (AvgIpc) is 2.85. The SMILES string of the molecule is Cc1ccsc1C(=S)c1csc(CC(=O)O)c1. The van der Waals surface area contributed by atoms with Gasteiger partial charge in [-0.05, 0) is 35.4 Å². The minimum atomic E-state index is -0.809. The van der Waals surface area contributed by atoms with Gasteiger partial charge in [0.2, 0.25) is 0 Å². The van der Waals surface area contributed by atoms with Crippen LogP contribution in [-0.2, 0) is 11.2 Å². The van der Waals surface area contributed by atoms with Gasteiger partial charge in [-0.15, -0.1) is 22.7 Å². The Morgan fingerprint density at radius 1 is 1.47 bits per heavy atom. The largest absolute Gasteiger partial charge is 0.481 e. The van der Waals surface area contributed by atoms with Crippen molar-refractivity contribution in [3.05, 3.63) is 43.8 Å². The first-order valence-electron chi connectivity index (χ1n) is 4.96. The fourth-order valence-corrected chi connectivity index (χ4v) is 3.73. The zero-order valence-electron chi connectivity index (χ0n) is 9.10. The van der Waals surface area contributed by atoms with E-state index in [9.17, 15) is 4.79 Å². The van der Waals surface area contributed by atoms with Crippen LogP contribution in [0.1, 0.15) is 20.9 Å². The molecule has 0 aliphatic rings. The molecule has 2 nitrogen and oxygen atoms in total. The summed E-state index contributed by atoms with van der Waals surface area (Å²) in [7, 11) is 0. The van der Waals surface area contributed by atoms with E-state index in [4.69, 9.17) is 17.3 Å². The van der Waals surface area contributed by atoms with Crippen LogP contribution in [-0.4, -0.2) is 15.9 Å². The van der Waals surface area contributed by atoms with Crippen molar-refractivity contribution in [3.63, 3.8) is 0 Å². The van der Waals surface area contributed by atoms with Crippen molar-refractivity contribution in [2.24, 2.45) is 0 Å². The van der Waals surface area contributed by atoms with Crippen LogP contribution in [0.25, 0.3) is 0 Å². The molecule has 0 aromatic carbocycles. The predicted molar refractivity (Wildman–Crippen MR) is 75.5 cm³/mol. The smallest absolute Gasteiger partial charge is 0.308 e. The number of hydrogen-bond acceptors (Lipinski definition) is 4. The molecule has 0 unspecified atom stereocenters. The molecule has 0 amide bonds. The van der Waals surface area contributed by atoms with Crippen molar-refractivity contribution >= 4 is 45.7 Å². The molecule has 17 heavy (non-hydrogen) atoms. The quantitative estimate of drug-likeness (QED) is 0.689. The number of carbonyl (C=O) groups is 1. The van der Waals surface area contributed by atoms with Gasteiger partial charge >= 0.3 is 5.97 Å². The average molecular weight is 282 g/mol. The summed E-state index contributed by atoms with van der Waals surface area (Å²) in [5.74, 6) is -0.809. The summed E-state index contributed by atoms with van der Waals surface area (Å²) in [5, 5.41) is 12.7. The molecule has 0 bridgehead atoms. The second-order valence-corrected chi connectivity index (χ2v) is 5.95. The zero-order chi connectivity index (χ0) is 12.4. The summed E-state index contributed by atoms with van der Waals surface area (Å²) >= 11 is 8.49. The Balaban J connectivity index is 2.24. The van der Waals surface area contributed by atoms with Crippen molar-refractivity contribution in [1.82, 2.24) is 0 Å². The molecule has 0 aliphatic carbocycles. The molecule has 1 N–H and O–H groups in total. The maximum absolute atomic E-state index is 10.6. The Bertz CT molecular complexity index is 566. The van der Waals surface area contributed by atoms with Gasteiger partial charge in [0.25, 0.3) is 0 Å². The van der Waals surface area contributed by atoms with Crippen LogP contribution in [0.4, 0.5) is 0 Å².